The monoisotopic (exact) mass is 840 g/mol. The summed E-state index contributed by atoms with van der Waals surface area (Å²) in [7, 11) is -4.08. The summed E-state index contributed by atoms with van der Waals surface area (Å²) in [5, 5.41) is 3.23. The van der Waals surface area contributed by atoms with Crippen molar-refractivity contribution in [2.24, 2.45) is 44.8 Å². The normalized spacial score (nSPS) is 32.9. The second-order valence-electron chi connectivity index (χ2n) is 21.3. The van der Waals surface area contributed by atoms with Crippen LogP contribution in [-0.4, -0.2) is 103 Å². The third-order valence-electron chi connectivity index (χ3n) is 17.3. The Morgan fingerprint density at radius 3 is 2.07 bits per heavy atom. The molecule has 4 aliphatic carbocycles. The van der Waals surface area contributed by atoms with Gasteiger partial charge in [0.2, 0.25) is 17.7 Å². The smallest absolute Gasteiger partial charge is 0.303 e. The van der Waals surface area contributed by atoms with Crippen LogP contribution in [0.15, 0.2) is 12.7 Å². The van der Waals surface area contributed by atoms with Crippen molar-refractivity contribution in [1.29, 1.82) is 0 Å². The molecule has 2 N–H and O–H groups in total. The minimum Gasteiger partial charge on any atom is -0.345 e. The van der Waals surface area contributed by atoms with Crippen molar-refractivity contribution in [2.45, 2.75) is 169 Å². The number of Topliss-reactive ketones (excluding diaryl/α,β-unsaturated/α-hetero) is 2. The van der Waals surface area contributed by atoms with Crippen molar-refractivity contribution in [3.05, 3.63) is 12.7 Å². The number of carbonyl (C=O) groups is 5. The molecule has 330 valence electrons. The molecule has 3 saturated heterocycles. The lowest BCUT2D eigenvalue weighted by Gasteiger charge is -2.37. The molecule has 7 rings (SSSR count). The highest BCUT2D eigenvalue weighted by Gasteiger charge is 2.85. The maximum absolute atomic E-state index is 15.3. The molecule has 3 amide bonds. The lowest BCUT2D eigenvalue weighted by Crippen LogP contribution is -2.54. The largest absolute Gasteiger partial charge is 0.345 e. The van der Waals surface area contributed by atoms with Crippen molar-refractivity contribution < 1.29 is 32.4 Å². The topological polar surface area (TPSA) is 153 Å². The molecule has 7 aliphatic rings. The van der Waals surface area contributed by atoms with Crippen molar-refractivity contribution in [1.82, 2.24) is 24.1 Å². The molecule has 0 aromatic heterocycles. The number of piperidine rings is 1. The van der Waals surface area contributed by atoms with Gasteiger partial charge in [-0.2, -0.15) is 12.7 Å². The van der Waals surface area contributed by atoms with E-state index in [4.69, 9.17) is 0 Å². The van der Waals surface area contributed by atoms with Crippen LogP contribution < -0.4 is 10.0 Å². The Morgan fingerprint density at radius 1 is 0.847 bits per heavy atom. The summed E-state index contributed by atoms with van der Waals surface area (Å²) in [6.07, 6.45) is 14.4. The van der Waals surface area contributed by atoms with E-state index in [1.807, 2.05) is 20.8 Å². The minimum atomic E-state index is -4.08. The molecule has 12 nitrogen and oxygen atoms in total. The van der Waals surface area contributed by atoms with Gasteiger partial charge in [-0.3, -0.25) is 28.9 Å². The van der Waals surface area contributed by atoms with Gasteiger partial charge in [-0.25, -0.2) is 4.72 Å². The van der Waals surface area contributed by atoms with Gasteiger partial charge in [0.15, 0.2) is 11.6 Å². The third-order valence-corrected chi connectivity index (χ3v) is 18.8. The number of nitrogens with zero attached hydrogens (tertiary/aromatic N) is 3. The summed E-state index contributed by atoms with van der Waals surface area (Å²) in [6.45, 7) is 19.2. The third kappa shape index (κ3) is 7.67. The number of nitrogens with one attached hydrogen (secondary N) is 2. The Hall–Kier alpha value is -2.64. The van der Waals surface area contributed by atoms with Gasteiger partial charge in [0.25, 0.3) is 0 Å². The number of ketones is 2. The van der Waals surface area contributed by atoms with Crippen LogP contribution in [0, 0.1) is 44.8 Å². The van der Waals surface area contributed by atoms with Gasteiger partial charge in [0, 0.05) is 43.8 Å². The molecule has 2 spiro atoms. The first kappa shape index (κ1) is 44.4. The number of rotatable bonds is 15. The summed E-state index contributed by atoms with van der Waals surface area (Å²) in [6, 6.07) is -1.73. The number of allylic oxidation sites excluding steroid dienone is 1. The van der Waals surface area contributed by atoms with E-state index in [1.54, 1.807) is 11.0 Å². The van der Waals surface area contributed by atoms with Crippen molar-refractivity contribution in [3.8, 4) is 0 Å². The molecule has 7 fully saturated rings. The minimum absolute atomic E-state index is 0.0138. The van der Waals surface area contributed by atoms with Crippen LogP contribution in [0.4, 0.5) is 0 Å². The molecule has 0 aromatic carbocycles. The molecule has 0 radical (unpaired) electrons. The Morgan fingerprint density at radius 2 is 1.51 bits per heavy atom. The molecule has 7 atom stereocenters. The zero-order valence-electron chi connectivity index (χ0n) is 36.9. The summed E-state index contributed by atoms with van der Waals surface area (Å²) < 4.78 is 30.4. The SMILES string of the molecule is C=C[C@@H]1C[C@]1(CC(=O)[C@@H]1C[C@@]2(CN1C(=O)[C@@H](CC(=O)[C@@H](NC(=O)[C@@H]1CCCN1CC)C1CCCCC1)C(C)(C)C)C(C)(C)C21CCC1)C(=O)NS(=O)(=O)N1CCCCC1. The average molecular weight is 840 g/mol. The number of hydrogen-bond donors (Lipinski definition) is 2. The highest BCUT2D eigenvalue weighted by molar-refractivity contribution is 7.87. The van der Waals surface area contributed by atoms with E-state index >= 15 is 4.79 Å². The van der Waals surface area contributed by atoms with Gasteiger partial charge in [-0.1, -0.05) is 79.7 Å². The van der Waals surface area contributed by atoms with Crippen LogP contribution in [-0.2, 0) is 34.2 Å². The van der Waals surface area contributed by atoms with E-state index in [0.717, 1.165) is 96.6 Å². The van der Waals surface area contributed by atoms with E-state index in [1.165, 1.54) is 4.31 Å². The second kappa shape index (κ2) is 16.2. The Kier molecular flexibility index (Phi) is 12.2. The lowest BCUT2D eigenvalue weighted by atomic mass is 9.73. The van der Waals surface area contributed by atoms with Crippen LogP contribution in [0.2, 0.25) is 0 Å². The molecule has 0 bridgehead atoms. The maximum atomic E-state index is 15.3. The van der Waals surface area contributed by atoms with Gasteiger partial charge in [-0.15, -0.1) is 6.58 Å². The van der Waals surface area contributed by atoms with Gasteiger partial charge < -0.3 is 10.2 Å². The zero-order chi connectivity index (χ0) is 42.8. The van der Waals surface area contributed by atoms with E-state index in [2.05, 4.69) is 42.3 Å². The van der Waals surface area contributed by atoms with Crippen molar-refractivity contribution in [3.63, 3.8) is 0 Å². The van der Waals surface area contributed by atoms with Gasteiger partial charge in [0.05, 0.1) is 23.5 Å². The van der Waals surface area contributed by atoms with Crippen molar-refractivity contribution in [2.75, 3.05) is 32.7 Å². The Balaban J connectivity index is 1.15. The summed E-state index contributed by atoms with van der Waals surface area (Å²) in [4.78, 5) is 76.8. The molecule has 3 heterocycles. The second-order valence-corrected chi connectivity index (χ2v) is 23.0. The predicted octanol–water partition coefficient (Wildman–Crippen LogP) is 5.95. The zero-order valence-corrected chi connectivity index (χ0v) is 37.7. The van der Waals surface area contributed by atoms with E-state index in [0.29, 0.717) is 32.5 Å². The fourth-order valence-electron chi connectivity index (χ4n) is 13.1. The fourth-order valence-corrected chi connectivity index (χ4v) is 14.4. The number of fused-ring (bicyclic) bond motifs is 1. The summed E-state index contributed by atoms with van der Waals surface area (Å²) in [5.74, 6) is -2.43. The number of likely N-dealkylation sites (tertiary alicyclic amines) is 2. The van der Waals surface area contributed by atoms with Crippen LogP contribution in [0.3, 0.4) is 0 Å². The molecular weight excluding hydrogens is 767 g/mol. The lowest BCUT2D eigenvalue weighted by molar-refractivity contribution is -0.147. The predicted molar refractivity (Wildman–Crippen MR) is 227 cm³/mol. The maximum Gasteiger partial charge on any atom is 0.303 e. The first-order valence-electron chi connectivity index (χ1n) is 23.1. The molecule has 13 heteroatoms. The van der Waals surface area contributed by atoms with Crippen LogP contribution >= 0.6 is 0 Å². The number of hydrogen-bond acceptors (Lipinski definition) is 8. The fraction of sp³-hybridized carbons (Fsp3) is 0.848. The highest BCUT2D eigenvalue weighted by atomic mass is 32.2. The molecule has 4 saturated carbocycles. The molecule has 59 heavy (non-hydrogen) atoms. The first-order valence-corrected chi connectivity index (χ1v) is 24.6. The van der Waals surface area contributed by atoms with Gasteiger partial charge in [0.1, 0.15) is 0 Å². The van der Waals surface area contributed by atoms with Crippen LogP contribution in [0.5, 0.6) is 0 Å². The molecule has 0 aromatic rings. The number of likely N-dealkylation sites (N-methyl/N-ethyl adjacent to an activating group) is 1. The molecular formula is C46H73N5O7S. The first-order chi connectivity index (χ1) is 27.8. The number of carbonyl (C=O) groups excluding carboxylic acids is 5. The van der Waals surface area contributed by atoms with Crippen LogP contribution in [0.25, 0.3) is 0 Å². The molecule has 0 unspecified atom stereocenters. The summed E-state index contributed by atoms with van der Waals surface area (Å²) in [5.41, 5.74) is -2.21. The number of amides is 3. The van der Waals surface area contributed by atoms with Gasteiger partial charge in [-0.05, 0) is 105 Å². The average Bonchev–Trinajstić information content (AvgIpc) is 3.70. The Bertz CT molecular complexity index is 1790. The summed E-state index contributed by atoms with van der Waals surface area (Å²) >= 11 is 0. The van der Waals surface area contributed by atoms with E-state index in [9.17, 15) is 27.6 Å². The molecule has 3 aliphatic heterocycles. The highest BCUT2D eigenvalue weighted by Crippen LogP contribution is 2.88. The van der Waals surface area contributed by atoms with E-state index in [-0.39, 0.29) is 70.3 Å². The van der Waals surface area contributed by atoms with Gasteiger partial charge >= 0.3 is 10.2 Å². The Labute approximate surface area is 354 Å². The standard InChI is InChI=1S/C46H73N5O7S/c1-8-32-27-44(32,41(56)48-59(57,58)50-24-14-11-15-25-50)29-37(53)35-28-46(43(6,7)45(46)21-17-22-45)30-51(35)40(55)33(42(3,4)5)26-36(52)38(31-18-12-10-13-19-31)47-39(54)34-20-16-23-49(34)9-2/h8,31-35,38H,1,9-30H2,2-7H3,(H,47,54)(H,48,56)/t32-,33-,34+,35+,38+,44-,46-/m1/s1. The van der Waals surface area contributed by atoms with Crippen LogP contribution in [0.1, 0.15) is 151 Å². The quantitative estimate of drug-likeness (QED) is 0.192. The van der Waals surface area contributed by atoms with E-state index < -0.39 is 44.9 Å². The van der Waals surface area contributed by atoms with Crippen molar-refractivity contribution >= 4 is 39.5 Å².